The number of hydrogen-bond acceptors (Lipinski definition) is 3. The van der Waals surface area contributed by atoms with Crippen LogP contribution in [-0.4, -0.2) is 50.1 Å². The molecule has 0 aliphatic heterocycles. The molecule has 1 saturated carbocycles. The van der Waals surface area contributed by atoms with Crippen LogP contribution in [0.25, 0.3) is 0 Å². The van der Waals surface area contributed by atoms with E-state index in [1.807, 2.05) is 14.1 Å². The van der Waals surface area contributed by atoms with Crippen LogP contribution in [0, 0.1) is 0 Å². The van der Waals surface area contributed by atoms with Gasteiger partial charge < -0.3 is 15.5 Å². The lowest BCUT2D eigenvalue weighted by Gasteiger charge is -2.19. The number of nitrogens with one attached hydrogen (secondary N) is 2. The fraction of sp³-hybridized carbons (Fsp3) is 0.909. The Balaban J connectivity index is 1.96. The molecule has 1 unspecified atom stereocenters. The molecule has 1 amide bonds. The molecular weight excluding hydrogens is 190 g/mol. The van der Waals surface area contributed by atoms with Crippen LogP contribution >= 0.6 is 0 Å². The van der Waals surface area contributed by atoms with E-state index < -0.39 is 0 Å². The van der Waals surface area contributed by atoms with Crippen molar-refractivity contribution < 1.29 is 4.79 Å². The van der Waals surface area contributed by atoms with E-state index in [0.717, 1.165) is 13.1 Å². The Morgan fingerprint density at radius 3 is 2.67 bits per heavy atom. The molecule has 1 rings (SSSR count). The molecule has 0 aromatic heterocycles. The second-order valence-electron chi connectivity index (χ2n) is 4.60. The molecule has 0 aromatic carbocycles. The molecule has 15 heavy (non-hydrogen) atoms. The van der Waals surface area contributed by atoms with Gasteiger partial charge in [-0.05, 0) is 33.9 Å². The highest BCUT2D eigenvalue weighted by Gasteiger charge is 2.20. The van der Waals surface area contributed by atoms with Crippen LogP contribution in [0.3, 0.4) is 0 Å². The Morgan fingerprint density at radius 2 is 2.13 bits per heavy atom. The van der Waals surface area contributed by atoms with Crippen molar-refractivity contribution in [1.82, 2.24) is 15.5 Å². The minimum absolute atomic E-state index is 0.150. The number of likely N-dealkylation sites (N-methyl/N-ethyl adjacent to an activating group) is 1. The highest BCUT2D eigenvalue weighted by Crippen LogP contribution is 2.18. The van der Waals surface area contributed by atoms with E-state index in [0.29, 0.717) is 18.5 Å². The Bertz CT molecular complexity index is 202. The predicted octanol–water partition coefficient (Wildman–Crippen LogP) is 0.195. The average Bonchev–Trinajstić information content (AvgIpc) is 2.97. The first-order valence-corrected chi connectivity index (χ1v) is 5.76. The van der Waals surface area contributed by atoms with E-state index in [4.69, 9.17) is 0 Å². The van der Waals surface area contributed by atoms with E-state index in [9.17, 15) is 4.79 Å². The first-order chi connectivity index (χ1) is 7.09. The fourth-order valence-corrected chi connectivity index (χ4v) is 1.21. The quantitative estimate of drug-likeness (QED) is 0.635. The maximum absolute atomic E-state index is 11.4. The van der Waals surface area contributed by atoms with Crippen LogP contribution in [0.5, 0.6) is 0 Å². The average molecular weight is 213 g/mol. The number of nitrogens with zero attached hydrogens (tertiary/aromatic N) is 1. The zero-order chi connectivity index (χ0) is 11.3. The lowest BCUT2D eigenvalue weighted by molar-refractivity contribution is -0.121. The van der Waals surface area contributed by atoms with E-state index in [1.165, 1.54) is 12.8 Å². The molecule has 1 aliphatic carbocycles. The number of carbonyl (C=O) groups excluding carboxylic acids is 1. The van der Waals surface area contributed by atoms with Crippen molar-refractivity contribution in [2.45, 2.75) is 38.3 Å². The van der Waals surface area contributed by atoms with Gasteiger partial charge >= 0.3 is 0 Å². The zero-order valence-electron chi connectivity index (χ0n) is 10.0. The third-order valence-electron chi connectivity index (χ3n) is 2.84. The Hall–Kier alpha value is -0.610. The Morgan fingerprint density at radius 1 is 1.47 bits per heavy atom. The highest BCUT2D eigenvalue weighted by molar-refractivity contribution is 5.76. The summed E-state index contributed by atoms with van der Waals surface area (Å²) in [7, 11) is 4.04. The van der Waals surface area contributed by atoms with Gasteiger partial charge in [-0.25, -0.2) is 0 Å². The van der Waals surface area contributed by atoms with Gasteiger partial charge in [0.2, 0.25) is 5.91 Å². The molecule has 1 fully saturated rings. The van der Waals surface area contributed by atoms with Crippen LogP contribution in [0.4, 0.5) is 0 Å². The standard InChI is InChI=1S/C11H23N3O/c1-9(14(2)3)8-13-11(15)6-7-12-10-4-5-10/h9-10,12H,4-8H2,1-3H3,(H,13,15). The van der Waals surface area contributed by atoms with Crippen LogP contribution < -0.4 is 10.6 Å². The summed E-state index contributed by atoms with van der Waals surface area (Å²) in [5.41, 5.74) is 0. The molecular formula is C11H23N3O. The van der Waals surface area contributed by atoms with Gasteiger partial charge in [-0.2, -0.15) is 0 Å². The lowest BCUT2D eigenvalue weighted by Crippen LogP contribution is -2.39. The van der Waals surface area contributed by atoms with Gasteiger partial charge in [0, 0.05) is 31.6 Å². The van der Waals surface area contributed by atoms with Gasteiger partial charge in [-0.1, -0.05) is 0 Å². The maximum atomic E-state index is 11.4. The summed E-state index contributed by atoms with van der Waals surface area (Å²) in [6.07, 6.45) is 3.15. The summed E-state index contributed by atoms with van der Waals surface area (Å²) in [5, 5.41) is 6.26. The largest absolute Gasteiger partial charge is 0.355 e. The van der Waals surface area contributed by atoms with E-state index in [-0.39, 0.29) is 5.91 Å². The van der Waals surface area contributed by atoms with Crippen molar-refractivity contribution in [3.8, 4) is 0 Å². The molecule has 2 N–H and O–H groups in total. The van der Waals surface area contributed by atoms with Crippen molar-refractivity contribution in [2.75, 3.05) is 27.2 Å². The van der Waals surface area contributed by atoms with Gasteiger partial charge in [0.25, 0.3) is 0 Å². The van der Waals surface area contributed by atoms with Crippen LogP contribution in [0.2, 0.25) is 0 Å². The van der Waals surface area contributed by atoms with E-state index in [2.05, 4.69) is 22.5 Å². The SMILES string of the molecule is CC(CNC(=O)CCNC1CC1)N(C)C. The third kappa shape index (κ3) is 5.74. The minimum Gasteiger partial charge on any atom is -0.355 e. The molecule has 0 spiro atoms. The molecule has 0 saturated heterocycles. The molecule has 88 valence electrons. The number of carbonyl (C=O) groups is 1. The summed E-state index contributed by atoms with van der Waals surface area (Å²) >= 11 is 0. The van der Waals surface area contributed by atoms with Crippen molar-refractivity contribution in [1.29, 1.82) is 0 Å². The van der Waals surface area contributed by atoms with E-state index in [1.54, 1.807) is 0 Å². The maximum Gasteiger partial charge on any atom is 0.221 e. The summed E-state index contributed by atoms with van der Waals surface area (Å²) in [5.74, 6) is 0.150. The molecule has 1 atom stereocenters. The van der Waals surface area contributed by atoms with Gasteiger partial charge in [0.1, 0.15) is 0 Å². The summed E-state index contributed by atoms with van der Waals surface area (Å²) in [4.78, 5) is 13.5. The molecule has 1 aliphatic rings. The number of amides is 1. The van der Waals surface area contributed by atoms with Crippen molar-refractivity contribution in [2.24, 2.45) is 0 Å². The second-order valence-corrected chi connectivity index (χ2v) is 4.60. The van der Waals surface area contributed by atoms with Crippen molar-refractivity contribution in [3.63, 3.8) is 0 Å². The van der Waals surface area contributed by atoms with Crippen LogP contribution in [0.1, 0.15) is 26.2 Å². The smallest absolute Gasteiger partial charge is 0.221 e. The monoisotopic (exact) mass is 213 g/mol. The first-order valence-electron chi connectivity index (χ1n) is 5.76. The first kappa shape index (κ1) is 12.5. The fourth-order valence-electron chi connectivity index (χ4n) is 1.21. The zero-order valence-corrected chi connectivity index (χ0v) is 10.0. The number of hydrogen-bond donors (Lipinski definition) is 2. The Kier molecular flexibility index (Phi) is 5.05. The molecule has 0 bridgehead atoms. The molecule has 0 heterocycles. The summed E-state index contributed by atoms with van der Waals surface area (Å²) < 4.78 is 0. The van der Waals surface area contributed by atoms with Gasteiger partial charge in [0.05, 0.1) is 0 Å². The topological polar surface area (TPSA) is 44.4 Å². The highest BCUT2D eigenvalue weighted by atomic mass is 16.1. The molecule has 0 aromatic rings. The van der Waals surface area contributed by atoms with Crippen molar-refractivity contribution >= 4 is 5.91 Å². The third-order valence-corrected chi connectivity index (χ3v) is 2.84. The Labute approximate surface area is 92.4 Å². The summed E-state index contributed by atoms with van der Waals surface area (Å²) in [6, 6.07) is 1.09. The van der Waals surface area contributed by atoms with Gasteiger partial charge in [-0.15, -0.1) is 0 Å². The van der Waals surface area contributed by atoms with E-state index >= 15 is 0 Å². The molecule has 4 heteroatoms. The predicted molar refractivity (Wildman–Crippen MR) is 61.8 cm³/mol. The second kappa shape index (κ2) is 6.08. The number of rotatable bonds is 7. The summed E-state index contributed by atoms with van der Waals surface area (Å²) in [6.45, 7) is 3.64. The van der Waals surface area contributed by atoms with Gasteiger partial charge in [-0.3, -0.25) is 4.79 Å². The minimum atomic E-state index is 0.150. The van der Waals surface area contributed by atoms with Crippen molar-refractivity contribution in [3.05, 3.63) is 0 Å². The molecule has 0 radical (unpaired) electrons. The van der Waals surface area contributed by atoms with Crippen LogP contribution in [0.15, 0.2) is 0 Å². The molecule has 4 nitrogen and oxygen atoms in total. The normalized spacial score (nSPS) is 17.9. The van der Waals surface area contributed by atoms with Crippen LogP contribution in [-0.2, 0) is 4.79 Å². The van der Waals surface area contributed by atoms with Gasteiger partial charge in [0.15, 0.2) is 0 Å². The lowest BCUT2D eigenvalue weighted by atomic mass is 10.3.